The van der Waals surface area contributed by atoms with Crippen LogP contribution in [0.25, 0.3) is 0 Å². The van der Waals surface area contributed by atoms with Gasteiger partial charge in [0.05, 0.1) is 10.2 Å². The molecule has 1 aliphatic heterocycles. The Balaban J connectivity index is 2.17. The molecule has 88 valence electrons. The average molecular weight is 306 g/mol. The van der Waals surface area contributed by atoms with Crippen LogP contribution in [0.3, 0.4) is 0 Å². The first-order valence-corrected chi connectivity index (χ1v) is 6.66. The molecule has 1 saturated heterocycles. The first kappa shape index (κ1) is 12.3. The second-order valence-electron chi connectivity index (χ2n) is 3.98. The summed E-state index contributed by atoms with van der Waals surface area (Å²) in [6.07, 6.45) is 2.81. The Labute approximate surface area is 109 Å². The van der Waals surface area contributed by atoms with Gasteiger partial charge in [-0.3, -0.25) is 0 Å². The second kappa shape index (κ2) is 5.43. The molecule has 0 amide bonds. The number of halogens is 2. The van der Waals surface area contributed by atoms with Crippen LogP contribution in [0, 0.1) is 5.92 Å². The molecule has 0 aliphatic carbocycles. The number of rotatable bonds is 3. The summed E-state index contributed by atoms with van der Waals surface area (Å²) in [6, 6.07) is 0. The molecule has 1 aromatic rings. The number of nitrogens with zero attached hydrogens (tertiary/aromatic N) is 2. The standard InChI is InChI=1S/C11H14BrClN2O/c1-2-8-10(12)11(13)15-9(14-8)5-7-3-4-16-6-7/h7H,2-6H2,1H3. The number of hydrogen-bond donors (Lipinski definition) is 0. The quantitative estimate of drug-likeness (QED) is 0.805. The van der Waals surface area contributed by atoms with Crippen molar-refractivity contribution in [2.24, 2.45) is 5.92 Å². The van der Waals surface area contributed by atoms with E-state index in [0.717, 1.165) is 48.5 Å². The summed E-state index contributed by atoms with van der Waals surface area (Å²) < 4.78 is 6.16. The van der Waals surface area contributed by atoms with Crippen molar-refractivity contribution in [1.82, 2.24) is 9.97 Å². The highest BCUT2D eigenvalue weighted by Gasteiger charge is 2.18. The first-order chi connectivity index (χ1) is 7.70. The van der Waals surface area contributed by atoms with Crippen molar-refractivity contribution in [2.75, 3.05) is 13.2 Å². The molecule has 3 nitrogen and oxygen atoms in total. The van der Waals surface area contributed by atoms with Crippen molar-refractivity contribution in [3.8, 4) is 0 Å². The molecule has 1 aliphatic rings. The molecule has 0 spiro atoms. The van der Waals surface area contributed by atoms with Gasteiger partial charge in [0.25, 0.3) is 0 Å². The van der Waals surface area contributed by atoms with Gasteiger partial charge in [-0.1, -0.05) is 18.5 Å². The van der Waals surface area contributed by atoms with E-state index in [-0.39, 0.29) is 0 Å². The molecule has 1 aromatic heterocycles. The molecule has 5 heteroatoms. The third-order valence-electron chi connectivity index (χ3n) is 2.76. The number of aryl methyl sites for hydroxylation is 1. The third-order valence-corrected chi connectivity index (χ3v) is 4.09. The molecule has 2 rings (SSSR count). The van der Waals surface area contributed by atoms with E-state index < -0.39 is 0 Å². The maximum Gasteiger partial charge on any atom is 0.147 e. The van der Waals surface area contributed by atoms with Crippen LogP contribution in [0.5, 0.6) is 0 Å². The van der Waals surface area contributed by atoms with Crippen LogP contribution < -0.4 is 0 Å². The van der Waals surface area contributed by atoms with E-state index in [1.807, 2.05) is 0 Å². The normalized spacial score (nSPS) is 20.3. The highest BCUT2D eigenvalue weighted by Crippen LogP contribution is 2.25. The number of hydrogen-bond acceptors (Lipinski definition) is 3. The predicted octanol–water partition coefficient (Wildman–Crippen LogP) is 3.03. The molecule has 1 fully saturated rings. The van der Waals surface area contributed by atoms with Crippen LogP contribution >= 0.6 is 27.5 Å². The van der Waals surface area contributed by atoms with Gasteiger partial charge in [0.1, 0.15) is 11.0 Å². The fourth-order valence-corrected chi connectivity index (χ4v) is 2.50. The van der Waals surface area contributed by atoms with Crippen molar-refractivity contribution in [1.29, 1.82) is 0 Å². The number of aromatic nitrogens is 2. The van der Waals surface area contributed by atoms with Gasteiger partial charge < -0.3 is 4.74 Å². The second-order valence-corrected chi connectivity index (χ2v) is 5.13. The fourth-order valence-electron chi connectivity index (χ4n) is 1.84. The fraction of sp³-hybridized carbons (Fsp3) is 0.636. The Morgan fingerprint density at radius 1 is 1.50 bits per heavy atom. The summed E-state index contributed by atoms with van der Waals surface area (Å²) in [7, 11) is 0. The van der Waals surface area contributed by atoms with Crippen molar-refractivity contribution in [3.05, 3.63) is 21.1 Å². The highest BCUT2D eigenvalue weighted by molar-refractivity contribution is 9.10. The zero-order valence-corrected chi connectivity index (χ0v) is 11.5. The molecular formula is C11H14BrClN2O. The summed E-state index contributed by atoms with van der Waals surface area (Å²) >= 11 is 9.46. The Morgan fingerprint density at radius 2 is 2.31 bits per heavy atom. The SMILES string of the molecule is CCc1nc(CC2CCOC2)nc(Cl)c1Br. The first-order valence-electron chi connectivity index (χ1n) is 5.49. The summed E-state index contributed by atoms with van der Waals surface area (Å²) in [5, 5.41) is 0.515. The largest absolute Gasteiger partial charge is 0.381 e. The van der Waals surface area contributed by atoms with E-state index in [1.165, 1.54) is 0 Å². The summed E-state index contributed by atoms with van der Waals surface area (Å²) in [5.41, 5.74) is 0.980. The molecule has 16 heavy (non-hydrogen) atoms. The zero-order valence-electron chi connectivity index (χ0n) is 9.17. The minimum absolute atomic E-state index is 0.515. The molecule has 0 N–H and O–H groups in total. The van der Waals surface area contributed by atoms with Gasteiger partial charge >= 0.3 is 0 Å². The Hall–Kier alpha value is -0.190. The lowest BCUT2D eigenvalue weighted by Gasteiger charge is -2.09. The smallest absolute Gasteiger partial charge is 0.147 e. The predicted molar refractivity (Wildman–Crippen MR) is 66.8 cm³/mol. The number of ether oxygens (including phenoxy) is 1. The van der Waals surface area contributed by atoms with Crippen LogP contribution in [0.4, 0.5) is 0 Å². The topological polar surface area (TPSA) is 35.0 Å². The summed E-state index contributed by atoms with van der Waals surface area (Å²) in [6.45, 7) is 3.74. The molecular weight excluding hydrogens is 291 g/mol. The van der Waals surface area contributed by atoms with Gasteiger partial charge in [0, 0.05) is 19.6 Å². The van der Waals surface area contributed by atoms with Crippen LogP contribution in [0.1, 0.15) is 24.9 Å². The van der Waals surface area contributed by atoms with Crippen molar-refractivity contribution in [2.45, 2.75) is 26.2 Å². The van der Waals surface area contributed by atoms with E-state index in [0.29, 0.717) is 11.1 Å². The lowest BCUT2D eigenvalue weighted by molar-refractivity contribution is 0.185. The van der Waals surface area contributed by atoms with Crippen LogP contribution in [-0.2, 0) is 17.6 Å². The molecule has 1 unspecified atom stereocenters. The van der Waals surface area contributed by atoms with Crippen molar-refractivity contribution < 1.29 is 4.74 Å². The Morgan fingerprint density at radius 3 is 2.94 bits per heavy atom. The van der Waals surface area contributed by atoms with Crippen LogP contribution in [0.15, 0.2) is 4.47 Å². The van der Waals surface area contributed by atoms with E-state index in [4.69, 9.17) is 16.3 Å². The zero-order chi connectivity index (χ0) is 11.5. The lowest BCUT2D eigenvalue weighted by atomic mass is 10.0. The van der Waals surface area contributed by atoms with Gasteiger partial charge in [-0.25, -0.2) is 9.97 Å². The Kier molecular flexibility index (Phi) is 4.16. The third kappa shape index (κ3) is 2.73. The molecule has 2 heterocycles. The maximum atomic E-state index is 6.05. The van der Waals surface area contributed by atoms with Gasteiger partial charge in [0.2, 0.25) is 0 Å². The monoisotopic (exact) mass is 304 g/mol. The summed E-state index contributed by atoms with van der Waals surface area (Å²) in [5.74, 6) is 1.38. The minimum Gasteiger partial charge on any atom is -0.381 e. The van der Waals surface area contributed by atoms with Gasteiger partial charge in [0.15, 0.2) is 0 Å². The molecule has 0 bridgehead atoms. The van der Waals surface area contributed by atoms with Crippen LogP contribution in [0.2, 0.25) is 5.15 Å². The van der Waals surface area contributed by atoms with Crippen molar-refractivity contribution in [3.63, 3.8) is 0 Å². The maximum absolute atomic E-state index is 6.05. The van der Waals surface area contributed by atoms with E-state index in [1.54, 1.807) is 0 Å². The van der Waals surface area contributed by atoms with Gasteiger partial charge in [-0.2, -0.15) is 0 Å². The van der Waals surface area contributed by atoms with Crippen molar-refractivity contribution >= 4 is 27.5 Å². The van der Waals surface area contributed by atoms with Crippen LogP contribution in [-0.4, -0.2) is 23.2 Å². The van der Waals surface area contributed by atoms with Gasteiger partial charge in [-0.15, -0.1) is 0 Å². The lowest BCUT2D eigenvalue weighted by Crippen LogP contribution is -2.09. The summed E-state index contributed by atoms with van der Waals surface area (Å²) in [4.78, 5) is 8.81. The molecule has 0 saturated carbocycles. The molecule has 0 aromatic carbocycles. The Bertz CT molecular complexity index is 380. The van der Waals surface area contributed by atoms with Gasteiger partial charge in [-0.05, 0) is 34.7 Å². The average Bonchev–Trinajstić information content (AvgIpc) is 2.76. The van der Waals surface area contributed by atoms with E-state index in [9.17, 15) is 0 Å². The van der Waals surface area contributed by atoms with E-state index >= 15 is 0 Å². The minimum atomic E-state index is 0.515. The highest BCUT2D eigenvalue weighted by atomic mass is 79.9. The molecule has 0 radical (unpaired) electrons. The van der Waals surface area contributed by atoms with E-state index in [2.05, 4.69) is 32.8 Å². The molecule has 1 atom stereocenters.